The van der Waals surface area contributed by atoms with Gasteiger partial charge in [-0.3, -0.25) is 4.79 Å². The molecule has 2 fully saturated rings. The molecule has 0 spiro atoms. The highest BCUT2D eigenvalue weighted by Gasteiger charge is 2.24. The molecule has 0 atom stereocenters. The summed E-state index contributed by atoms with van der Waals surface area (Å²) in [6.07, 6.45) is 8.57. The third-order valence-electron chi connectivity index (χ3n) is 6.37. The molecular formula is C24H34N4OS. The summed E-state index contributed by atoms with van der Waals surface area (Å²) in [4.78, 5) is 22.6. The van der Waals surface area contributed by atoms with E-state index in [9.17, 15) is 4.79 Å². The fourth-order valence-electron chi connectivity index (χ4n) is 4.54. The number of amides is 1. The van der Waals surface area contributed by atoms with Crippen molar-refractivity contribution in [1.29, 1.82) is 0 Å². The molecule has 0 radical (unpaired) electrons. The first kappa shape index (κ1) is 21.3. The molecule has 2 aliphatic heterocycles. The lowest BCUT2D eigenvalue weighted by molar-refractivity contribution is 0.102. The number of nitrogens with zero attached hydrogens (tertiary/aromatic N) is 3. The maximum Gasteiger partial charge on any atom is 0.275 e. The molecule has 1 aromatic carbocycles. The third-order valence-corrected chi connectivity index (χ3v) is 7.38. The van der Waals surface area contributed by atoms with Crippen LogP contribution in [0, 0.1) is 0 Å². The Kier molecular flexibility index (Phi) is 7.39. The van der Waals surface area contributed by atoms with Crippen molar-refractivity contribution < 1.29 is 4.79 Å². The first-order valence-corrected chi connectivity index (χ1v) is 12.5. The Morgan fingerprint density at radius 1 is 1.13 bits per heavy atom. The minimum atomic E-state index is -0.0951. The molecule has 0 bridgehead atoms. The van der Waals surface area contributed by atoms with Gasteiger partial charge in [0.15, 0.2) is 0 Å². The number of carbonyl (C=O) groups is 1. The summed E-state index contributed by atoms with van der Waals surface area (Å²) < 4.78 is 0. The van der Waals surface area contributed by atoms with Crippen molar-refractivity contribution in [3.05, 3.63) is 40.3 Å². The van der Waals surface area contributed by atoms with Gasteiger partial charge in [-0.25, -0.2) is 4.98 Å². The number of anilines is 2. The predicted octanol–water partition coefficient (Wildman–Crippen LogP) is 5.37. The van der Waals surface area contributed by atoms with E-state index in [1.165, 1.54) is 38.6 Å². The molecule has 2 aliphatic rings. The Bertz CT molecular complexity index is 822. The highest BCUT2D eigenvalue weighted by atomic mass is 32.1. The molecule has 1 aromatic heterocycles. The van der Waals surface area contributed by atoms with Gasteiger partial charge in [-0.2, -0.15) is 0 Å². The molecule has 3 heterocycles. The molecule has 30 heavy (non-hydrogen) atoms. The van der Waals surface area contributed by atoms with Crippen molar-refractivity contribution in [2.45, 2.75) is 57.8 Å². The molecule has 1 N–H and O–H groups in total. The van der Waals surface area contributed by atoms with Gasteiger partial charge in [0, 0.05) is 24.4 Å². The second-order valence-electron chi connectivity index (χ2n) is 8.56. The van der Waals surface area contributed by atoms with Crippen LogP contribution in [0.15, 0.2) is 29.6 Å². The molecule has 6 heteroatoms. The fourth-order valence-corrected chi connectivity index (χ4v) is 5.51. The SMILES string of the molecule is CCCCN1CCC(c2nc(C(=O)Nc3ccccc3N3CCCCC3)cs2)CC1. The van der Waals surface area contributed by atoms with E-state index in [1.807, 2.05) is 23.6 Å². The highest BCUT2D eigenvalue weighted by Crippen LogP contribution is 2.32. The number of benzene rings is 1. The van der Waals surface area contributed by atoms with E-state index < -0.39 is 0 Å². The van der Waals surface area contributed by atoms with Crippen LogP contribution < -0.4 is 10.2 Å². The van der Waals surface area contributed by atoms with Gasteiger partial charge in [0.1, 0.15) is 5.69 Å². The predicted molar refractivity (Wildman–Crippen MR) is 126 cm³/mol. The zero-order valence-corrected chi connectivity index (χ0v) is 18.9. The summed E-state index contributed by atoms with van der Waals surface area (Å²) in [6, 6.07) is 8.15. The largest absolute Gasteiger partial charge is 0.370 e. The Balaban J connectivity index is 1.37. The summed E-state index contributed by atoms with van der Waals surface area (Å²) in [5, 5.41) is 6.18. The van der Waals surface area contributed by atoms with E-state index >= 15 is 0 Å². The topological polar surface area (TPSA) is 48.5 Å². The summed E-state index contributed by atoms with van der Waals surface area (Å²) in [5.74, 6) is 0.400. The summed E-state index contributed by atoms with van der Waals surface area (Å²) in [7, 11) is 0. The number of piperidine rings is 2. The van der Waals surface area contributed by atoms with Crippen LogP contribution in [0.2, 0.25) is 0 Å². The average molecular weight is 427 g/mol. The molecule has 4 rings (SSSR count). The van der Waals surface area contributed by atoms with Gasteiger partial charge in [-0.15, -0.1) is 11.3 Å². The first-order chi connectivity index (χ1) is 14.7. The number of hydrogen-bond acceptors (Lipinski definition) is 5. The second kappa shape index (κ2) is 10.4. The Morgan fingerprint density at radius 3 is 2.67 bits per heavy atom. The Morgan fingerprint density at radius 2 is 1.90 bits per heavy atom. The number of nitrogens with one attached hydrogen (secondary N) is 1. The molecule has 5 nitrogen and oxygen atoms in total. The highest BCUT2D eigenvalue weighted by molar-refractivity contribution is 7.10. The van der Waals surface area contributed by atoms with Crippen LogP contribution in [-0.4, -0.2) is 48.5 Å². The molecule has 2 saturated heterocycles. The average Bonchev–Trinajstić information content (AvgIpc) is 3.29. The molecular weight excluding hydrogens is 392 g/mol. The van der Waals surface area contributed by atoms with Gasteiger partial charge in [-0.1, -0.05) is 25.5 Å². The molecule has 0 aliphatic carbocycles. The maximum absolute atomic E-state index is 12.9. The van der Waals surface area contributed by atoms with E-state index in [-0.39, 0.29) is 5.91 Å². The van der Waals surface area contributed by atoms with Gasteiger partial charge >= 0.3 is 0 Å². The van der Waals surface area contributed by atoms with Gasteiger partial charge in [0.25, 0.3) is 5.91 Å². The number of unbranched alkanes of at least 4 members (excludes halogenated alkanes) is 1. The smallest absolute Gasteiger partial charge is 0.275 e. The number of likely N-dealkylation sites (tertiary alicyclic amines) is 1. The van der Waals surface area contributed by atoms with Crippen molar-refractivity contribution in [2.24, 2.45) is 0 Å². The Hall–Kier alpha value is -1.92. The molecule has 1 amide bonds. The quantitative estimate of drug-likeness (QED) is 0.647. The number of rotatable bonds is 7. The molecule has 162 valence electrons. The van der Waals surface area contributed by atoms with Crippen LogP contribution in [0.3, 0.4) is 0 Å². The minimum Gasteiger partial charge on any atom is -0.370 e. The maximum atomic E-state index is 12.9. The second-order valence-corrected chi connectivity index (χ2v) is 9.45. The van der Waals surface area contributed by atoms with Crippen LogP contribution in [0.25, 0.3) is 0 Å². The van der Waals surface area contributed by atoms with Gasteiger partial charge < -0.3 is 15.1 Å². The minimum absolute atomic E-state index is 0.0951. The zero-order chi connectivity index (χ0) is 20.8. The molecule has 2 aromatic rings. The number of aromatic nitrogens is 1. The number of hydrogen-bond donors (Lipinski definition) is 1. The lowest BCUT2D eigenvalue weighted by atomic mass is 9.97. The van der Waals surface area contributed by atoms with E-state index in [2.05, 4.69) is 28.1 Å². The first-order valence-electron chi connectivity index (χ1n) is 11.6. The number of carbonyl (C=O) groups excluding carboxylic acids is 1. The summed E-state index contributed by atoms with van der Waals surface area (Å²) >= 11 is 1.65. The third kappa shape index (κ3) is 5.22. The lowest BCUT2D eigenvalue weighted by Gasteiger charge is -2.30. The number of para-hydroxylation sites is 2. The van der Waals surface area contributed by atoms with Gasteiger partial charge in [-0.05, 0) is 70.3 Å². The molecule has 0 saturated carbocycles. The van der Waals surface area contributed by atoms with Crippen LogP contribution in [-0.2, 0) is 0 Å². The van der Waals surface area contributed by atoms with E-state index in [0.717, 1.165) is 55.4 Å². The van der Waals surface area contributed by atoms with Crippen molar-refractivity contribution in [1.82, 2.24) is 9.88 Å². The van der Waals surface area contributed by atoms with Crippen LogP contribution in [0.4, 0.5) is 11.4 Å². The number of thiazole rings is 1. The van der Waals surface area contributed by atoms with Crippen molar-refractivity contribution in [2.75, 3.05) is 42.9 Å². The Labute approximate surface area is 184 Å². The van der Waals surface area contributed by atoms with Crippen molar-refractivity contribution >= 4 is 28.6 Å². The van der Waals surface area contributed by atoms with Crippen LogP contribution in [0.5, 0.6) is 0 Å². The van der Waals surface area contributed by atoms with E-state index in [0.29, 0.717) is 11.6 Å². The standard InChI is InChI=1S/C24H34N4OS/c1-2-3-13-27-16-11-19(12-17-27)24-26-21(18-30-24)23(29)25-20-9-5-6-10-22(20)28-14-7-4-8-15-28/h5-6,9-10,18-19H,2-4,7-8,11-17H2,1H3,(H,25,29). The monoisotopic (exact) mass is 426 g/mol. The van der Waals surface area contributed by atoms with Crippen LogP contribution in [0.1, 0.15) is 73.3 Å². The summed E-state index contributed by atoms with van der Waals surface area (Å²) in [5.41, 5.74) is 2.57. The van der Waals surface area contributed by atoms with Crippen molar-refractivity contribution in [3.8, 4) is 0 Å². The molecule has 0 unspecified atom stereocenters. The zero-order valence-electron chi connectivity index (χ0n) is 18.1. The normalized spacial score (nSPS) is 18.5. The fraction of sp³-hybridized carbons (Fsp3) is 0.583. The lowest BCUT2D eigenvalue weighted by Crippen LogP contribution is -2.33. The summed E-state index contributed by atoms with van der Waals surface area (Å²) in [6.45, 7) is 7.88. The van der Waals surface area contributed by atoms with Gasteiger partial charge in [0.05, 0.1) is 16.4 Å². The van der Waals surface area contributed by atoms with Crippen LogP contribution >= 0.6 is 11.3 Å². The van der Waals surface area contributed by atoms with Gasteiger partial charge in [0.2, 0.25) is 0 Å². The van der Waals surface area contributed by atoms with E-state index in [1.54, 1.807) is 11.3 Å². The van der Waals surface area contributed by atoms with E-state index in [4.69, 9.17) is 4.98 Å². The van der Waals surface area contributed by atoms with Crippen molar-refractivity contribution in [3.63, 3.8) is 0 Å².